The van der Waals surface area contributed by atoms with Gasteiger partial charge < -0.3 is 15.2 Å². The standard InChI is InChI=1S/C9H19NO2.C6H10O2/c1-2-3-4-5-6-7-8-12-9(10)11;1-4-8-6(7)5(2)3/h2-8H2,1H3,(H2,10,11);2,4H2,1,3H3. The van der Waals surface area contributed by atoms with Gasteiger partial charge in [-0.2, -0.15) is 0 Å². The van der Waals surface area contributed by atoms with Gasteiger partial charge in [-0.25, -0.2) is 9.59 Å². The maximum Gasteiger partial charge on any atom is 0.404 e. The minimum Gasteiger partial charge on any atom is -0.463 e. The second-order valence-corrected chi connectivity index (χ2v) is 4.44. The van der Waals surface area contributed by atoms with E-state index >= 15 is 0 Å². The van der Waals surface area contributed by atoms with Gasteiger partial charge in [0.15, 0.2) is 0 Å². The molecule has 0 aromatic heterocycles. The molecule has 0 radical (unpaired) electrons. The van der Waals surface area contributed by atoms with Crippen molar-refractivity contribution in [1.29, 1.82) is 0 Å². The van der Waals surface area contributed by atoms with Gasteiger partial charge in [0.25, 0.3) is 0 Å². The van der Waals surface area contributed by atoms with Crippen LogP contribution < -0.4 is 5.73 Å². The third kappa shape index (κ3) is 18.8. The number of unbranched alkanes of at least 4 members (excludes halogenated alkanes) is 5. The lowest BCUT2D eigenvalue weighted by Gasteiger charge is -2.00. The second kappa shape index (κ2) is 15.5. The molecule has 0 fully saturated rings. The van der Waals surface area contributed by atoms with Gasteiger partial charge in [0.05, 0.1) is 13.2 Å². The van der Waals surface area contributed by atoms with E-state index in [1.54, 1.807) is 13.8 Å². The lowest BCUT2D eigenvalue weighted by atomic mass is 10.1. The summed E-state index contributed by atoms with van der Waals surface area (Å²) in [6.45, 7) is 9.87. The first-order valence-electron chi connectivity index (χ1n) is 7.20. The van der Waals surface area contributed by atoms with Crippen LogP contribution in [-0.2, 0) is 14.3 Å². The first-order valence-corrected chi connectivity index (χ1v) is 7.20. The van der Waals surface area contributed by atoms with Crippen LogP contribution in [0.2, 0.25) is 0 Å². The third-order valence-electron chi connectivity index (χ3n) is 2.37. The molecule has 2 N–H and O–H groups in total. The second-order valence-electron chi connectivity index (χ2n) is 4.44. The van der Waals surface area contributed by atoms with Crippen LogP contribution in [0.4, 0.5) is 4.79 Å². The Morgan fingerprint density at radius 3 is 1.95 bits per heavy atom. The maximum atomic E-state index is 10.4. The first-order chi connectivity index (χ1) is 9.45. The van der Waals surface area contributed by atoms with Gasteiger partial charge in [-0.05, 0) is 20.3 Å². The highest BCUT2D eigenvalue weighted by molar-refractivity contribution is 5.86. The van der Waals surface area contributed by atoms with Gasteiger partial charge in [-0.1, -0.05) is 45.6 Å². The molecule has 0 saturated heterocycles. The Kier molecular flexibility index (Phi) is 16.2. The van der Waals surface area contributed by atoms with E-state index in [0.717, 1.165) is 12.8 Å². The van der Waals surface area contributed by atoms with E-state index in [2.05, 4.69) is 23.0 Å². The van der Waals surface area contributed by atoms with Gasteiger partial charge in [-0.15, -0.1) is 0 Å². The maximum absolute atomic E-state index is 10.4. The predicted molar refractivity (Wildman–Crippen MR) is 80.4 cm³/mol. The fraction of sp³-hybridized carbons (Fsp3) is 0.733. The summed E-state index contributed by atoms with van der Waals surface area (Å²) >= 11 is 0. The first kappa shape index (κ1) is 20.8. The van der Waals surface area contributed by atoms with Crippen LogP contribution in [0.15, 0.2) is 12.2 Å². The van der Waals surface area contributed by atoms with E-state index in [-0.39, 0.29) is 5.97 Å². The number of nitrogens with two attached hydrogens (primary N) is 1. The number of carbonyl (C=O) groups excluding carboxylic acids is 2. The van der Waals surface area contributed by atoms with Crippen molar-refractivity contribution in [3.63, 3.8) is 0 Å². The average molecular weight is 287 g/mol. The molecule has 0 aliphatic heterocycles. The van der Waals surface area contributed by atoms with Crippen molar-refractivity contribution >= 4 is 12.1 Å². The highest BCUT2D eigenvalue weighted by Gasteiger charge is 1.98. The number of amides is 1. The lowest BCUT2D eigenvalue weighted by Crippen LogP contribution is -2.13. The topological polar surface area (TPSA) is 78.6 Å². The number of hydrogen-bond acceptors (Lipinski definition) is 4. The third-order valence-corrected chi connectivity index (χ3v) is 2.37. The number of esters is 1. The molecule has 0 aromatic rings. The summed E-state index contributed by atoms with van der Waals surface area (Å²) in [4.78, 5) is 20.6. The number of hydrogen-bond donors (Lipinski definition) is 1. The van der Waals surface area contributed by atoms with Crippen LogP contribution in [-0.4, -0.2) is 25.3 Å². The summed E-state index contributed by atoms with van der Waals surface area (Å²) in [5.74, 6) is -0.312. The molecule has 5 nitrogen and oxygen atoms in total. The Labute approximate surface area is 122 Å². The minimum absolute atomic E-state index is 0.312. The number of rotatable bonds is 9. The normalized spacial score (nSPS) is 9.15. The van der Waals surface area contributed by atoms with Crippen molar-refractivity contribution < 1.29 is 19.1 Å². The molecule has 0 heterocycles. The molecule has 1 amide bonds. The highest BCUT2D eigenvalue weighted by Crippen LogP contribution is 2.04. The molecule has 0 rings (SSSR count). The van der Waals surface area contributed by atoms with Crippen molar-refractivity contribution in [3.05, 3.63) is 12.2 Å². The summed E-state index contributed by atoms with van der Waals surface area (Å²) in [7, 11) is 0. The summed E-state index contributed by atoms with van der Waals surface area (Å²) in [5, 5.41) is 0. The van der Waals surface area contributed by atoms with E-state index in [1.165, 1.54) is 25.7 Å². The zero-order valence-corrected chi connectivity index (χ0v) is 13.1. The highest BCUT2D eigenvalue weighted by atomic mass is 16.5. The Morgan fingerprint density at radius 2 is 1.55 bits per heavy atom. The minimum atomic E-state index is -0.663. The fourth-order valence-electron chi connectivity index (χ4n) is 1.31. The molecule has 0 bridgehead atoms. The quantitative estimate of drug-likeness (QED) is 0.399. The van der Waals surface area contributed by atoms with Crippen molar-refractivity contribution in [2.24, 2.45) is 5.73 Å². The van der Waals surface area contributed by atoms with Gasteiger partial charge in [-0.3, -0.25) is 0 Å². The zero-order chi connectivity index (χ0) is 15.8. The van der Waals surface area contributed by atoms with Crippen LogP contribution in [0.3, 0.4) is 0 Å². The number of primary amides is 1. The fourth-order valence-corrected chi connectivity index (χ4v) is 1.31. The largest absolute Gasteiger partial charge is 0.463 e. The van der Waals surface area contributed by atoms with E-state index in [4.69, 9.17) is 5.73 Å². The Balaban J connectivity index is 0. The summed E-state index contributed by atoms with van der Waals surface area (Å²) in [6.07, 6.45) is 6.49. The molecule has 0 spiro atoms. The van der Waals surface area contributed by atoms with Crippen LogP contribution in [0, 0.1) is 0 Å². The van der Waals surface area contributed by atoms with E-state index < -0.39 is 6.09 Å². The van der Waals surface area contributed by atoms with E-state index in [0.29, 0.717) is 18.8 Å². The predicted octanol–water partition coefficient (Wildman–Crippen LogP) is 3.57. The monoisotopic (exact) mass is 287 g/mol. The van der Waals surface area contributed by atoms with Crippen LogP contribution in [0.5, 0.6) is 0 Å². The average Bonchev–Trinajstić information content (AvgIpc) is 2.38. The lowest BCUT2D eigenvalue weighted by molar-refractivity contribution is -0.138. The van der Waals surface area contributed by atoms with Gasteiger partial charge >= 0.3 is 12.1 Å². The van der Waals surface area contributed by atoms with Gasteiger partial charge in [0.2, 0.25) is 0 Å². The van der Waals surface area contributed by atoms with Gasteiger partial charge in [0, 0.05) is 5.57 Å². The molecular formula is C15H29NO4. The van der Waals surface area contributed by atoms with Crippen molar-refractivity contribution in [3.8, 4) is 0 Å². The van der Waals surface area contributed by atoms with E-state index in [9.17, 15) is 9.59 Å². The van der Waals surface area contributed by atoms with Gasteiger partial charge in [0.1, 0.15) is 0 Å². The van der Waals surface area contributed by atoms with Crippen LogP contribution >= 0.6 is 0 Å². The Bertz CT molecular complexity index is 277. The molecule has 0 saturated carbocycles. The smallest absolute Gasteiger partial charge is 0.404 e. The molecule has 0 unspecified atom stereocenters. The Morgan fingerprint density at radius 1 is 1.00 bits per heavy atom. The SMILES string of the molecule is C=C(C)C(=O)OCC.CCCCCCCCOC(N)=O. The summed E-state index contributed by atoms with van der Waals surface area (Å²) in [5.41, 5.74) is 5.24. The number of ether oxygens (including phenoxy) is 2. The van der Waals surface area contributed by atoms with E-state index in [1.807, 2.05) is 0 Å². The summed E-state index contributed by atoms with van der Waals surface area (Å²) in [6, 6.07) is 0. The molecule has 0 aliphatic carbocycles. The van der Waals surface area contributed by atoms with Crippen molar-refractivity contribution in [2.45, 2.75) is 59.3 Å². The summed E-state index contributed by atoms with van der Waals surface area (Å²) < 4.78 is 9.15. The molecule has 0 aromatic carbocycles. The molecule has 118 valence electrons. The molecule has 0 aliphatic rings. The van der Waals surface area contributed by atoms with Crippen LogP contribution in [0.25, 0.3) is 0 Å². The number of carbonyl (C=O) groups is 2. The van der Waals surface area contributed by atoms with Crippen molar-refractivity contribution in [1.82, 2.24) is 0 Å². The Hall–Kier alpha value is -1.52. The molecule has 5 heteroatoms. The zero-order valence-electron chi connectivity index (χ0n) is 13.1. The molecule has 20 heavy (non-hydrogen) atoms. The van der Waals surface area contributed by atoms with Crippen LogP contribution in [0.1, 0.15) is 59.3 Å². The molecule has 0 atom stereocenters. The van der Waals surface area contributed by atoms with Crippen molar-refractivity contribution in [2.75, 3.05) is 13.2 Å². The molecular weight excluding hydrogens is 258 g/mol.